The molecule has 0 N–H and O–H groups in total. The van der Waals surface area contributed by atoms with E-state index in [9.17, 15) is 13.2 Å². The van der Waals surface area contributed by atoms with Crippen LogP contribution in [-0.2, 0) is 14.6 Å². The van der Waals surface area contributed by atoms with Gasteiger partial charge in [0, 0.05) is 6.26 Å². The van der Waals surface area contributed by atoms with E-state index in [4.69, 9.17) is 4.74 Å². The number of hydrogen-bond donors (Lipinski definition) is 0. The first kappa shape index (κ1) is 13.1. The molecule has 1 fully saturated rings. The van der Waals surface area contributed by atoms with Crippen molar-refractivity contribution in [2.45, 2.75) is 24.2 Å². The van der Waals surface area contributed by atoms with E-state index in [2.05, 4.69) is 0 Å². The van der Waals surface area contributed by atoms with Gasteiger partial charge in [0.25, 0.3) is 0 Å². The Morgan fingerprint density at radius 3 is 2.33 bits per heavy atom. The summed E-state index contributed by atoms with van der Waals surface area (Å²) in [4.78, 5) is 11.9. The summed E-state index contributed by atoms with van der Waals surface area (Å²) < 4.78 is 27.7. The van der Waals surface area contributed by atoms with Crippen molar-refractivity contribution in [2.75, 3.05) is 12.9 Å². The molecule has 2 rings (SSSR count). The first-order valence-electron chi connectivity index (χ1n) is 5.94. The van der Waals surface area contributed by atoms with Crippen LogP contribution in [-0.4, -0.2) is 27.2 Å². The molecular weight excluding hydrogens is 252 g/mol. The smallest absolute Gasteiger partial charge is 0.338 e. The van der Waals surface area contributed by atoms with Crippen molar-refractivity contribution in [2.24, 2.45) is 5.92 Å². The number of carbonyl (C=O) groups excluding carboxylic acids is 1. The van der Waals surface area contributed by atoms with Crippen molar-refractivity contribution in [3.05, 3.63) is 29.8 Å². The monoisotopic (exact) mass is 268 g/mol. The molecule has 1 saturated carbocycles. The van der Waals surface area contributed by atoms with E-state index in [0.29, 0.717) is 18.1 Å². The Bertz CT molecular complexity index is 527. The van der Waals surface area contributed by atoms with Gasteiger partial charge in [-0.15, -0.1) is 0 Å². The lowest BCUT2D eigenvalue weighted by molar-refractivity contribution is 0.0371. The molecule has 98 valence electrons. The summed E-state index contributed by atoms with van der Waals surface area (Å²) in [6.45, 7) is 0.465. The standard InChI is InChI=1S/C13H16O4S/c1-18(15,16)12-7-5-11(6-8-12)13(14)17-9-10-3-2-4-10/h5-8,10H,2-4,9H2,1H3. The van der Waals surface area contributed by atoms with Gasteiger partial charge >= 0.3 is 5.97 Å². The number of hydrogen-bond acceptors (Lipinski definition) is 4. The topological polar surface area (TPSA) is 60.4 Å². The fourth-order valence-corrected chi connectivity index (χ4v) is 2.41. The largest absolute Gasteiger partial charge is 0.462 e. The van der Waals surface area contributed by atoms with Crippen molar-refractivity contribution < 1.29 is 17.9 Å². The minimum Gasteiger partial charge on any atom is -0.462 e. The highest BCUT2D eigenvalue weighted by Gasteiger charge is 2.19. The zero-order valence-electron chi connectivity index (χ0n) is 10.3. The summed E-state index contributed by atoms with van der Waals surface area (Å²) in [6.07, 6.45) is 4.60. The maximum absolute atomic E-state index is 11.7. The molecule has 18 heavy (non-hydrogen) atoms. The van der Waals surface area contributed by atoms with Crippen LogP contribution < -0.4 is 0 Å². The van der Waals surface area contributed by atoms with Gasteiger partial charge in [-0.1, -0.05) is 6.42 Å². The van der Waals surface area contributed by atoms with Gasteiger partial charge in [0.1, 0.15) is 0 Å². The molecule has 0 atom stereocenters. The number of rotatable bonds is 4. The number of carbonyl (C=O) groups is 1. The molecule has 0 saturated heterocycles. The molecule has 0 heterocycles. The Balaban J connectivity index is 1.98. The van der Waals surface area contributed by atoms with Gasteiger partial charge in [0.2, 0.25) is 0 Å². The normalized spacial score (nSPS) is 16.1. The van der Waals surface area contributed by atoms with Crippen LogP contribution in [0.5, 0.6) is 0 Å². The number of benzene rings is 1. The minimum atomic E-state index is -3.22. The van der Waals surface area contributed by atoms with Crippen molar-refractivity contribution in [1.82, 2.24) is 0 Å². The third-order valence-corrected chi connectivity index (χ3v) is 4.32. The molecule has 0 unspecified atom stereocenters. The van der Waals surface area contributed by atoms with Crippen LogP contribution in [0.15, 0.2) is 29.2 Å². The maximum atomic E-state index is 11.7. The van der Waals surface area contributed by atoms with Crippen LogP contribution in [0.2, 0.25) is 0 Å². The van der Waals surface area contributed by atoms with Crippen LogP contribution in [0.1, 0.15) is 29.6 Å². The van der Waals surface area contributed by atoms with E-state index in [-0.39, 0.29) is 10.9 Å². The number of esters is 1. The third-order valence-electron chi connectivity index (χ3n) is 3.19. The highest BCUT2D eigenvalue weighted by Crippen LogP contribution is 2.26. The molecule has 5 heteroatoms. The summed E-state index contributed by atoms with van der Waals surface area (Å²) in [5, 5.41) is 0. The average Bonchev–Trinajstić information content (AvgIpc) is 2.26. The molecule has 4 nitrogen and oxygen atoms in total. The Morgan fingerprint density at radius 2 is 1.89 bits per heavy atom. The first-order valence-corrected chi connectivity index (χ1v) is 7.83. The molecule has 0 aromatic heterocycles. The highest BCUT2D eigenvalue weighted by molar-refractivity contribution is 7.90. The molecular formula is C13H16O4S. The van der Waals surface area contributed by atoms with Crippen LogP contribution in [0.3, 0.4) is 0 Å². The van der Waals surface area contributed by atoms with Gasteiger partial charge in [-0.05, 0) is 43.0 Å². The second-order valence-corrected chi connectivity index (χ2v) is 6.71. The van der Waals surface area contributed by atoms with E-state index in [1.54, 1.807) is 0 Å². The van der Waals surface area contributed by atoms with Gasteiger partial charge in [-0.25, -0.2) is 13.2 Å². The number of sulfone groups is 1. The summed E-state index contributed by atoms with van der Waals surface area (Å²) in [5.41, 5.74) is 0.390. The van der Waals surface area contributed by atoms with Gasteiger partial charge in [-0.2, -0.15) is 0 Å². The van der Waals surface area contributed by atoms with Crippen LogP contribution in [0.25, 0.3) is 0 Å². The van der Waals surface area contributed by atoms with Gasteiger partial charge in [-0.3, -0.25) is 0 Å². The fraction of sp³-hybridized carbons (Fsp3) is 0.462. The Morgan fingerprint density at radius 1 is 1.28 bits per heavy atom. The Hall–Kier alpha value is -1.36. The summed E-state index contributed by atoms with van der Waals surface area (Å²) in [6, 6.07) is 5.82. The van der Waals surface area contributed by atoms with Crippen LogP contribution in [0.4, 0.5) is 0 Å². The van der Waals surface area contributed by atoms with Crippen LogP contribution in [0, 0.1) is 5.92 Å². The predicted molar refractivity (Wildman–Crippen MR) is 67.2 cm³/mol. The van der Waals surface area contributed by atoms with Gasteiger partial charge in [0.05, 0.1) is 17.1 Å². The molecule has 1 aliphatic carbocycles. The Labute approximate surface area is 107 Å². The highest BCUT2D eigenvalue weighted by atomic mass is 32.2. The summed E-state index contributed by atoms with van der Waals surface area (Å²) >= 11 is 0. The van der Waals surface area contributed by atoms with Gasteiger partial charge in [0.15, 0.2) is 9.84 Å². The van der Waals surface area contributed by atoms with Crippen LogP contribution >= 0.6 is 0 Å². The minimum absolute atomic E-state index is 0.207. The SMILES string of the molecule is CS(=O)(=O)c1ccc(C(=O)OCC2CCC2)cc1. The van der Waals surface area contributed by atoms with Crippen molar-refractivity contribution in [3.8, 4) is 0 Å². The zero-order chi connectivity index (χ0) is 13.2. The molecule has 1 aromatic rings. The van der Waals surface area contributed by atoms with Crippen molar-refractivity contribution in [3.63, 3.8) is 0 Å². The maximum Gasteiger partial charge on any atom is 0.338 e. The first-order chi connectivity index (χ1) is 8.47. The van der Waals surface area contributed by atoms with E-state index in [1.807, 2.05) is 0 Å². The molecule has 1 aliphatic rings. The molecule has 0 amide bonds. The van der Waals surface area contributed by atoms with Gasteiger partial charge < -0.3 is 4.74 Å². The molecule has 0 bridgehead atoms. The molecule has 0 spiro atoms. The fourth-order valence-electron chi connectivity index (χ4n) is 1.77. The molecule has 0 radical (unpaired) electrons. The van der Waals surface area contributed by atoms with Crippen molar-refractivity contribution >= 4 is 15.8 Å². The summed E-state index contributed by atoms with van der Waals surface area (Å²) in [7, 11) is -3.22. The molecule has 0 aliphatic heterocycles. The molecule has 1 aromatic carbocycles. The zero-order valence-corrected chi connectivity index (χ0v) is 11.1. The van der Waals surface area contributed by atoms with E-state index >= 15 is 0 Å². The lowest BCUT2D eigenvalue weighted by atomic mass is 9.86. The lowest BCUT2D eigenvalue weighted by Gasteiger charge is -2.24. The van der Waals surface area contributed by atoms with E-state index in [1.165, 1.54) is 30.7 Å². The lowest BCUT2D eigenvalue weighted by Crippen LogP contribution is -2.20. The summed E-state index contributed by atoms with van der Waals surface area (Å²) in [5.74, 6) is 0.117. The van der Waals surface area contributed by atoms with E-state index in [0.717, 1.165) is 19.1 Å². The average molecular weight is 268 g/mol. The predicted octanol–water partition coefficient (Wildman–Crippen LogP) is 2.05. The quantitative estimate of drug-likeness (QED) is 0.784. The third kappa shape index (κ3) is 3.10. The van der Waals surface area contributed by atoms with Crippen molar-refractivity contribution in [1.29, 1.82) is 0 Å². The second kappa shape index (κ2) is 5.10. The number of ether oxygens (including phenoxy) is 1. The second-order valence-electron chi connectivity index (χ2n) is 4.69. The Kier molecular flexibility index (Phi) is 3.71. The van der Waals surface area contributed by atoms with E-state index < -0.39 is 9.84 Å².